The summed E-state index contributed by atoms with van der Waals surface area (Å²) in [6, 6.07) is 8.04. The third-order valence-electron chi connectivity index (χ3n) is 2.51. The van der Waals surface area contributed by atoms with Gasteiger partial charge in [0.25, 0.3) is 0 Å². The number of aliphatic imine (C=N–C) groups is 1. The monoisotopic (exact) mass is 245 g/mol. The first-order chi connectivity index (χ1) is 8.01. The van der Waals surface area contributed by atoms with Gasteiger partial charge < -0.3 is 9.47 Å². The molecule has 0 spiro atoms. The van der Waals surface area contributed by atoms with E-state index in [1.165, 1.54) is 12.1 Å². The maximum absolute atomic E-state index is 13.0. The number of halogens is 3. The second-order valence-electron chi connectivity index (χ2n) is 3.46. The van der Waals surface area contributed by atoms with E-state index >= 15 is 0 Å². The van der Waals surface area contributed by atoms with Gasteiger partial charge in [0.15, 0.2) is 0 Å². The molecule has 0 aromatic heterocycles. The highest BCUT2D eigenvalue weighted by Crippen LogP contribution is 2.40. The third-order valence-corrected chi connectivity index (χ3v) is 2.51. The summed E-state index contributed by atoms with van der Waals surface area (Å²) in [4.78, 5) is 3.75. The number of methoxy groups -OCH3 is 1. The molecule has 0 amide bonds. The minimum Gasteiger partial charge on any atom is -0.341 e. The molecule has 0 saturated carbocycles. The molecular formula is C11H10F3NO2. The van der Waals surface area contributed by atoms with Gasteiger partial charge in [0.2, 0.25) is 0 Å². The lowest BCUT2D eigenvalue weighted by Crippen LogP contribution is -2.53. The Bertz CT molecular complexity index is 430. The van der Waals surface area contributed by atoms with Crippen LogP contribution in [-0.4, -0.2) is 31.5 Å². The first kappa shape index (κ1) is 12.1. The molecule has 0 saturated heterocycles. The van der Waals surface area contributed by atoms with Gasteiger partial charge in [0, 0.05) is 12.7 Å². The normalized spacial score (nSPS) is 24.8. The predicted molar refractivity (Wildman–Crippen MR) is 54.7 cm³/mol. The first-order valence-corrected chi connectivity index (χ1v) is 4.87. The van der Waals surface area contributed by atoms with E-state index in [0.717, 1.165) is 7.11 Å². The number of rotatable bonds is 2. The van der Waals surface area contributed by atoms with Gasteiger partial charge in [-0.2, -0.15) is 13.2 Å². The van der Waals surface area contributed by atoms with Crippen LogP contribution in [0, 0.1) is 0 Å². The molecule has 2 rings (SSSR count). The van der Waals surface area contributed by atoms with Crippen LogP contribution in [0.15, 0.2) is 35.3 Å². The quantitative estimate of drug-likeness (QED) is 0.800. The van der Waals surface area contributed by atoms with E-state index < -0.39 is 12.0 Å². The summed E-state index contributed by atoms with van der Waals surface area (Å²) < 4.78 is 48.3. The SMILES string of the molecule is COC1(C(F)(F)F)OCN=C1c1ccccc1. The van der Waals surface area contributed by atoms with Crippen LogP contribution in [0.3, 0.4) is 0 Å². The molecule has 1 unspecified atom stereocenters. The second kappa shape index (κ2) is 4.12. The van der Waals surface area contributed by atoms with Crippen LogP contribution in [0.1, 0.15) is 5.56 Å². The molecule has 0 aliphatic carbocycles. The van der Waals surface area contributed by atoms with Gasteiger partial charge >= 0.3 is 12.0 Å². The average molecular weight is 245 g/mol. The number of benzene rings is 1. The number of ether oxygens (including phenoxy) is 2. The Labute approximate surface area is 95.9 Å². The highest BCUT2D eigenvalue weighted by atomic mass is 19.4. The summed E-state index contributed by atoms with van der Waals surface area (Å²) >= 11 is 0. The first-order valence-electron chi connectivity index (χ1n) is 4.87. The Kier molecular flexibility index (Phi) is 2.92. The molecule has 1 aromatic rings. The molecule has 0 bridgehead atoms. The van der Waals surface area contributed by atoms with Crippen molar-refractivity contribution in [3.8, 4) is 0 Å². The zero-order valence-corrected chi connectivity index (χ0v) is 8.99. The van der Waals surface area contributed by atoms with E-state index in [4.69, 9.17) is 0 Å². The van der Waals surface area contributed by atoms with Crippen molar-refractivity contribution in [2.24, 2.45) is 4.99 Å². The zero-order chi connectivity index (χ0) is 12.5. The number of hydrogen-bond acceptors (Lipinski definition) is 3. The number of alkyl halides is 3. The van der Waals surface area contributed by atoms with Gasteiger partial charge in [-0.15, -0.1) is 0 Å². The van der Waals surface area contributed by atoms with Gasteiger partial charge in [-0.05, 0) is 0 Å². The van der Waals surface area contributed by atoms with Crippen molar-refractivity contribution < 1.29 is 22.6 Å². The van der Waals surface area contributed by atoms with Crippen molar-refractivity contribution in [3.05, 3.63) is 35.9 Å². The fourth-order valence-corrected chi connectivity index (χ4v) is 1.72. The summed E-state index contributed by atoms with van der Waals surface area (Å²) in [5.74, 6) is -2.76. The summed E-state index contributed by atoms with van der Waals surface area (Å²) in [6.07, 6.45) is -4.67. The predicted octanol–water partition coefficient (Wildman–Crippen LogP) is 2.37. The van der Waals surface area contributed by atoms with E-state index in [-0.39, 0.29) is 12.4 Å². The lowest BCUT2D eigenvalue weighted by molar-refractivity contribution is -0.330. The highest BCUT2D eigenvalue weighted by Gasteiger charge is 2.63. The molecule has 0 N–H and O–H groups in total. The van der Waals surface area contributed by atoms with E-state index in [1.807, 2.05) is 0 Å². The Balaban J connectivity index is 2.47. The Hall–Kier alpha value is -1.40. The molecule has 1 heterocycles. The fourth-order valence-electron chi connectivity index (χ4n) is 1.72. The molecular weight excluding hydrogens is 235 g/mol. The maximum atomic E-state index is 13.0. The molecule has 92 valence electrons. The summed E-state index contributed by atoms with van der Waals surface area (Å²) in [6.45, 7) is -0.364. The van der Waals surface area contributed by atoms with Crippen molar-refractivity contribution >= 4 is 5.71 Å². The summed E-state index contributed by atoms with van der Waals surface area (Å²) in [7, 11) is 0.956. The van der Waals surface area contributed by atoms with Gasteiger partial charge in [0.05, 0.1) is 0 Å². The van der Waals surface area contributed by atoms with E-state index in [2.05, 4.69) is 14.5 Å². The van der Waals surface area contributed by atoms with Gasteiger partial charge in [0.1, 0.15) is 12.4 Å². The minimum atomic E-state index is -4.67. The van der Waals surface area contributed by atoms with Crippen LogP contribution in [-0.2, 0) is 9.47 Å². The lowest BCUT2D eigenvalue weighted by Gasteiger charge is -2.30. The lowest BCUT2D eigenvalue weighted by atomic mass is 10.0. The molecule has 6 heteroatoms. The van der Waals surface area contributed by atoms with Crippen molar-refractivity contribution in [1.29, 1.82) is 0 Å². The maximum Gasteiger partial charge on any atom is 0.450 e. The summed E-state index contributed by atoms with van der Waals surface area (Å²) in [5.41, 5.74) is 0.0947. The van der Waals surface area contributed by atoms with Crippen LogP contribution < -0.4 is 0 Å². The van der Waals surface area contributed by atoms with E-state index in [0.29, 0.717) is 5.56 Å². The molecule has 1 aromatic carbocycles. The molecule has 1 aliphatic heterocycles. The second-order valence-corrected chi connectivity index (χ2v) is 3.46. The van der Waals surface area contributed by atoms with Crippen molar-refractivity contribution in [2.75, 3.05) is 13.8 Å². The van der Waals surface area contributed by atoms with Crippen LogP contribution in [0.25, 0.3) is 0 Å². The van der Waals surface area contributed by atoms with E-state index in [1.54, 1.807) is 18.2 Å². The Morgan fingerprint density at radius 3 is 2.47 bits per heavy atom. The minimum absolute atomic E-state index is 0.242. The third kappa shape index (κ3) is 1.83. The molecule has 17 heavy (non-hydrogen) atoms. The van der Waals surface area contributed by atoms with Crippen LogP contribution in [0.4, 0.5) is 13.2 Å². The molecule has 1 atom stereocenters. The van der Waals surface area contributed by atoms with Crippen molar-refractivity contribution in [3.63, 3.8) is 0 Å². The van der Waals surface area contributed by atoms with Crippen LogP contribution in [0.2, 0.25) is 0 Å². The zero-order valence-electron chi connectivity index (χ0n) is 8.99. The van der Waals surface area contributed by atoms with Crippen LogP contribution >= 0.6 is 0 Å². The van der Waals surface area contributed by atoms with E-state index in [9.17, 15) is 13.2 Å². The molecule has 0 radical (unpaired) electrons. The molecule has 0 fully saturated rings. The van der Waals surface area contributed by atoms with Gasteiger partial charge in [-0.1, -0.05) is 30.3 Å². The van der Waals surface area contributed by atoms with Gasteiger partial charge in [-0.25, -0.2) is 0 Å². The molecule has 3 nitrogen and oxygen atoms in total. The Morgan fingerprint density at radius 1 is 1.29 bits per heavy atom. The summed E-state index contributed by atoms with van der Waals surface area (Å²) in [5, 5.41) is 0. The molecule has 1 aliphatic rings. The van der Waals surface area contributed by atoms with Crippen molar-refractivity contribution in [2.45, 2.75) is 12.0 Å². The Morgan fingerprint density at radius 2 is 1.94 bits per heavy atom. The standard InChI is InChI=1S/C11H10F3NO2/c1-16-10(11(12,13)14)9(15-7-17-10)8-5-3-2-4-6-8/h2-6H,7H2,1H3. The number of hydrogen-bond donors (Lipinski definition) is 0. The highest BCUT2D eigenvalue weighted by molar-refractivity contribution is 6.07. The largest absolute Gasteiger partial charge is 0.450 e. The number of nitrogens with zero attached hydrogens (tertiary/aromatic N) is 1. The van der Waals surface area contributed by atoms with Gasteiger partial charge in [-0.3, -0.25) is 4.99 Å². The van der Waals surface area contributed by atoms with Crippen molar-refractivity contribution in [1.82, 2.24) is 0 Å². The van der Waals surface area contributed by atoms with Crippen LogP contribution in [0.5, 0.6) is 0 Å². The average Bonchev–Trinajstić information content (AvgIpc) is 2.74. The topological polar surface area (TPSA) is 30.8 Å². The smallest absolute Gasteiger partial charge is 0.341 e. The fraction of sp³-hybridized carbons (Fsp3) is 0.364.